The van der Waals surface area contributed by atoms with Gasteiger partial charge in [0.15, 0.2) is 9.84 Å². The predicted molar refractivity (Wildman–Crippen MR) is 120 cm³/mol. The normalized spacial score (nSPS) is 26.6. The SMILES string of the molecule is O=C([C@H]1CC(=O)N(c2cccc3ccccc23)C1)N1CCN([C@H]2CCS(=O)(=O)C2)CC1. The van der Waals surface area contributed by atoms with Crippen molar-refractivity contribution in [2.24, 2.45) is 5.92 Å². The monoisotopic (exact) mass is 441 g/mol. The molecular weight excluding hydrogens is 414 g/mol. The van der Waals surface area contributed by atoms with Gasteiger partial charge < -0.3 is 9.80 Å². The second kappa shape index (κ2) is 7.91. The second-order valence-electron chi connectivity index (χ2n) is 8.82. The molecule has 164 valence electrons. The van der Waals surface area contributed by atoms with Gasteiger partial charge in [-0.2, -0.15) is 0 Å². The maximum Gasteiger partial charge on any atom is 0.228 e. The van der Waals surface area contributed by atoms with E-state index in [1.807, 2.05) is 47.4 Å². The Hall–Kier alpha value is -2.45. The summed E-state index contributed by atoms with van der Waals surface area (Å²) >= 11 is 0. The van der Waals surface area contributed by atoms with E-state index in [4.69, 9.17) is 0 Å². The number of sulfone groups is 1. The van der Waals surface area contributed by atoms with Crippen molar-refractivity contribution in [2.45, 2.75) is 18.9 Å². The van der Waals surface area contributed by atoms with Gasteiger partial charge in [0.25, 0.3) is 0 Å². The highest BCUT2D eigenvalue weighted by molar-refractivity contribution is 7.91. The molecule has 0 bridgehead atoms. The van der Waals surface area contributed by atoms with Crippen molar-refractivity contribution in [3.05, 3.63) is 42.5 Å². The van der Waals surface area contributed by atoms with Gasteiger partial charge in [-0.1, -0.05) is 36.4 Å². The first-order chi connectivity index (χ1) is 14.9. The average molecular weight is 442 g/mol. The van der Waals surface area contributed by atoms with Crippen LogP contribution in [-0.2, 0) is 19.4 Å². The summed E-state index contributed by atoms with van der Waals surface area (Å²) in [5.74, 6) is 0.201. The van der Waals surface area contributed by atoms with Crippen molar-refractivity contribution in [1.82, 2.24) is 9.80 Å². The molecule has 0 N–H and O–H groups in total. The van der Waals surface area contributed by atoms with Gasteiger partial charge in [0.2, 0.25) is 11.8 Å². The Balaban J connectivity index is 1.24. The lowest BCUT2D eigenvalue weighted by Crippen LogP contribution is -2.53. The van der Waals surface area contributed by atoms with Crippen molar-refractivity contribution in [3.63, 3.8) is 0 Å². The van der Waals surface area contributed by atoms with Crippen LogP contribution >= 0.6 is 0 Å². The molecule has 2 amide bonds. The van der Waals surface area contributed by atoms with Gasteiger partial charge in [0, 0.05) is 50.6 Å². The number of amides is 2. The van der Waals surface area contributed by atoms with Gasteiger partial charge in [-0.25, -0.2) is 8.42 Å². The molecule has 3 fully saturated rings. The molecule has 0 unspecified atom stereocenters. The number of piperazine rings is 1. The highest BCUT2D eigenvalue weighted by Gasteiger charge is 2.39. The Morgan fingerprint density at radius 2 is 1.71 bits per heavy atom. The average Bonchev–Trinajstić information content (AvgIpc) is 3.35. The topological polar surface area (TPSA) is 78.0 Å². The van der Waals surface area contributed by atoms with Crippen molar-refractivity contribution in [2.75, 3.05) is 49.1 Å². The molecule has 8 heteroatoms. The molecule has 0 spiro atoms. The fourth-order valence-electron chi connectivity index (χ4n) is 5.18. The minimum atomic E-state index is -2.91. The van der Waals surface area contributed by atoms with Gasteiger partial charge in [-0.15, -0.1) is 0 Å². The van der Waals surface area contributed by atoms with E-state index in [-0.39, 0.29) is 41.7 Å². The summed E-state index contributed by atoms with van der Waals surface area (Å²) in [5.41, 5.74) is 0.866. The third kappa shape index (κ3) is 3.94. The van der Waals surface area contributed by atoms with Crippen molar-refractivity contribution < 1.29 is 18.0 Å². The molecule has 0 saturated carbocycles. The van der Waals surface area contributed by atoms with E-state index in [1.54, 1.807) is 4.90 Å². The van der Waals surface area contributed by atoms with Gasteiger partial charge in [0.05, 0.1) is 23.1 Å². The Kier molecular flexibility index (Phi) is 5.22. The summed E-state index contributed by atoms with van der Waals surface area (Å²) in [6, 6.07) is 14.0. The quantitative estimate of drug-likeness (QED) is 0.722. The molecule has 2 atom stereocenters. The number of anilines is 1. The molecule has 2 aromatic carbocycles. The zero-order valence-electron chi connectivity index (χ0n) is 17.4. The van der Waals surface area contributed by atoms with Crippen molar-refractivity contribution >= 4 is 38.1 Å². The molecule has 3 aliphatic rings. The van der Waals surface area contributed by atoms with Crippen LogP contribution in [0.3, 0.4) is 0 Å². The van der Waals surface area contributed by atoms with E-state index in [9.17, 15) is 18.0 Å². The largest absolute Gasteiger partial charge is 0.340 e. The molecule has 7 nitrogen and oxygen atoms in total. The zero-order chi connectivity index (χ0) is 21.6. The third-order valence-corrected chi connectivity index (χ3v) is 8.63. The maximum atomic E-state index is 13.2. The molecule has 5 rings (SSSR count). The molecule has 2 aromatic rings. The summed E-state index contributed by atoms with van der Waals surface area (Å²) in [7, 11) is -2.91. The summed E-state index contributed by atoms with van der Waals surface area (Å²) < 4.78 is 23.5. The Morgan fingerprint density at radius 3 is 2.45 bits per heavy atom. The lowest BCUT2D eigenvalue weighted by molar-refractivity contribution is -0.137. The Bertz CT molecular complexity index is 1120. The van der Waals surface area contributed by atoms with E-state index in [0.717, 1.165) is 16.5 Å². The lowest BCUT2D eigenvalue weighted by atomic mass is 10.1. The fourth-order valence-corrected chi connectivity index (χ4v) is 6.94. The number of nitrogens with zero attached hydrogens (tertiary/aromatic N) is 3. The van der Waals surface area contributed by atoms with Gasteiger partial charge >= 0.3 is 0 Å². The van der Waals surface area contributed by atoms with Crippen LogP contribution < -0.4 is 4.90 Å². The number of carbonyl (C=O) groups is 2. The second-order valence-corrected chi connectivity index (χ2v) is 11.1. The minimum Gasteiger partial charge on any atom is -0.340 e. The van der Waals surface area contributed by atoms with Crippen LogP contribution in [0.25, 0.3) is 10.8 Å². The number of fused-ring (bicyclic) bond motifs is 1. The molecule has 0 radical (unpaired) electrons. The number of hydrogen-bond acceptors (Lipinski definition) is 5. The standard InChI is InChI=1S/C23H27N3O4S/c27-22-14-18(15-26(22)21-7-3-5-17-4-1-2-6-20(17)21)23(28)25-11-9-24(10-12-25)19-8-13-31(29,30)16-19/h1-7,18-19H,8-16H2/t18-,19-/m0/s1. The minimum absolute atomic E-state index is 0.00972. The molecule has 0 aromatic heterocycles. The first-order valence-electron chi connectivity index (χ1n) is 10.9. The molecule has 3 heterocycles. The van der Waals surface area contributed by atoms with Crippen molar-refractivity contribution in [1.29, 1.82) is 0 Å². The molecule has 31 heavy (non-hydrogen) atoms. The van der Waals surface area contributed by atoms with Crippen LogP contribution in [0.2, 0.25) is 0 Å². The van der Waals surface area contributed by atoms with Crippen LogP contribution in [0.1, 0.15) is 12.8 Å². The Labute approximate surface area is 182 Å². The first-order valence-corrected chi connectivity index (χ1v) is 12.7. The van der Waals surface area contributed by atoms with E-state index < -0.39 is 9.84 Å². The summed E-state index contributed by atoms with van der Waals surface area (Å²) in [5, 5.41) is 2.10. The highest BCUT2D eigenvalue weighted by Crippen LogP contribution is 2.32. The van der Waals surface area contributed by atoms with Gasteiger partial charge in [0.1, 0.15) is 0 Å². The summed E-state index contributed by atoms with van der Waals surface area (Å²) in [4.78, 5) is 31.8. The number of rotatable bonds is 3. The number of benzene rings is 2. The third-order valence-electron chi connectivity index (χ3n) is 6.88. The van der Waals surface area contributed by atoms with Crippen LogP contribution in [0.15, 0.2) is 42.5 Å². The molecule has 3 aliphatic heterocycles. The first kappa shape index (κ1) is 20.5. The summed E-state index contributed by atoms with van der Waals surface area (Å²) in [6.07, 6.45) is 0.927. The van der Waals surface area contributed by atoms with E-state index in [0.29, 0.717) is 39.1 Å². The highest BCUT2D eigenvalue weighted by atomic mass is 32.2. The predicted octanol–water partition coefficient (Wildman–Crippen LogP) is 1.52. The Morgan fingerprint density at radius 1 is 0.968 bits per heavy atom. The van der Waals surface area contributed by atoms with Crippen LogP contribution in [-0.4, -0.2) is 80.3 Å². The molecular formula is C23H27N3O4S. The lowest BCUT2D eigenvalue weighted by Gasteiger charge is -2.38. The molecule has 0 aliphatic carbocycles. The smallest absolute Gasteiger partial charge is 0.228 e. The number of carbonyl (C=O) groups excluding carboxylic acids is 2. The zero-order valence-corrected chi connectivity index (χ0v) is 18.3. The van der Waals surface area contributed by atoms with E-state index in [1.165, 1.54) is 0 Å². The molecule has 3 saturated heterocycles. The fraction of sp³-hybridized carbons (Fsp3) is 0.478. The number of hydrogen-bond donors (Lipinski definition) is 0. The van der Waals surface area contributed by atoms with Gasteiger partial charge in [-0.05, 0) is 17.9 Å². The van der Waals surface area contributed by atoms with E-state index in [2.05, 4.69) is 4.90 Å². The maximum absolute atomic E-state index is 13.2. The van der Waals surface area contributed by atoms with Crippen LogP contribution in [0.5, 0.6) is 0 Å². The van der Waals surface area contributed by atoms with Gasteiger partial charge in [-0.3, -0.25) is 14.5 Å². The van der Waals surface area contributed by atoms with E-state index >= 15 is 0 Å². The van der Waals surface area contributed by atoms with Crippen LogP contribution in [0.4, 0.5) is 5.69 Å². The summed E-state index contributed by atoms with van der Waals surface area (Å²) in [6.45, 7) is 2.98. The van der Waals surface area contributed by atoms with Crippen molar-refractivity contribution in [3.8, 4) is 0 Å². The van der Waals surface area contributed by atoms with Crippen LogP contribution in [0, 0.1) is 5.92 Å².